The molecule has 0 aliphatic carbocycles. The zero-order valence-electron chi connectivity index (χ0n) is 14.6. The van der Waals surface area contributed by atoms with Crippen molar-refractivity contribution < 1.29 is 4.79 Å². The van der Waals surface area contributed by atoms with Crippen molar-refractivity contribution in [2.75, 3.05) is 13.1 Å². The number of aromatic nitrogens is 1. The lowest BCUT2D eigenvalue weighted by Crippen LogP contribution is -2.39. The van der Waals surface area contributed by atoms with E-state index in [2.05, 4.69) is 47.1 Å². The zero-order chi connectivity index (χ0) is 16.9. The number of benzene rings is 1. The van der Waals surface area contributed by atoms with Crippen LogP contribution in [0.2, 0.25) is 0 Å². The van der Waals surface area contributed by atoms with Crippen LogP contribution < -0.4 is 0 Å². The molecule has 1 saturated heterocycles. The van der Waals surface area contributed by atoms with E-state index in [1.54, 1.807) is 11.3 Å². The standard InChI is InChI=1S/C20H26N2OS/c1-15-16(2)24-19(21-15)8-9-20(23)22-12-10-18(11-13-22)14-17-6-4-3-5-7-17/h3-7,18H,8-14H2,1-2H3. The number of nitrogens with zero attached hydrogens (tertiary/aromatic N) is 2. The minimum Gasteiger partial charge on any atom is -0.343 e. The van der Waals surface area contributed by atoms with Crippen molar-refractivity contribution in [3.05, 3.63) is 51.5 Å². The maximum atomic E-state index is 12.4. The van der Waals surface area contributed by atoms with E-state index < -0.39 is 0 Å². The number of hydrogen-bond acceptors (Lipinski definition) is 3. The summed E-state index contributed by atoms with van der Waals surface area (Å²) in [5.74, 6) is 0.999. The molecule has 1 aromatic carbocycles. The Morgan fingerprint density at radius 3 is 2.54 bits per heavy atom. The summed E-state index contributed by atoms with van der Waals surface area (Å²) in [5.41, 5.74) is 2.51. The van der Waals surface area contributed by atoms with Gasteiger partial charge in [0.05, 0.1) is 10.7 Å². The van der Waals surface area contributed by atoms with Crippen molar-refractivity contribution in [3.8, 4) is 0 Å². The summed E-state index contributed by atoms with van der Waals surface area (Å²) >= 11 is 1.72. The first kappa shape index (κ1) is 17.2. The number of rotatable bonds is 5. The van der Waals surface area contributed by atoms with Gasteiger partial charge in [0.15, 0.2) is 0 Å². The van der Waals surface area contributed by atoms with Crippen LogP contribution in [0.3, 0.4) is 0 Å². The fourth-order valence-electron chi connectivity index (χ4n) is 3.35. The molecule has 24 heavy (non-hydrogen) atoms. The van der Waals surface area contributed by atoms with E-state index in [1.807, 2.05) is 6.92 Å². The van der Waals surface area contributed by atoms with Gasteiger partial charge in [0, 0.05) is 30.8 Å². The summed E-state index contributed by atoms with van der Waals surface area (Å²) in [5, 5.41) is 1.09. The second-order valence-corrected chi connectivity index (χ2v) is 8.05. The Hall–Kier alpha value is -1.68. The van der Waals surface area contributed by atoms with Crippen molar-refractivity contribution in [2.24, 2.45) is 5.92 Å². The van der Waals surface area contributed by atoms with Gasteiger partial charge in [-0.25, -0.2) is 4.98 Å². The number of likely N-dealkylation sites (tertiary alicyclic amines) is 1. The van der Waals surface area contributed by atoms with E-state index >= 15 is 0 Å². The lowest BCUT2D eigenvalue weighted by Gasteiger charge is -2.32. The summed E-state index contributed by atoms with van der Waals surface area (Å²) in [7, 11) is 0. The van der Waals surface area contributed by atoms with Crippen LogP contribution in [0, 0.1) is 19.8 Å². The molecule has 0 spiro atoms. The average Bonchev–Trinajstić information content (AvgIpc) is 2.92. The number of carbonyl (C=O) groups excluding carboxylic acids is 1. The molecule has 0 bridgehead atoms. The molecule has 0 unspecified atom stereocenters. The van der Waals surface area contributed by atoms with Crippen molar-refractivity contribution in [1.82, 2.24) is 9.88 Å². The van der Waals surface area contributed by atoms with Gasteiger partial charge in [-0.2, -0.15) is 0 Å². The first-order valence-corrected chi connectivity index (χ1v) is 9.68. The second kappa shape index (κ2) is 7.93. The average molecular weight is 343 g/mol. The SMILES string of the molecule is Cc1nc(CCC(=O)N2CCC(Cc3ccccc3)CC2)sc1C. The molecule has 1 aliphatic rings. The maximum Gasteiger partial charge on any atom is 0.222 e. The first-order chi connectivity index (χ1) is 11.6. The Morgan fingerprint density at radius 1 is 1.21 bits per heavy atom. The third-order valence-electron chi connectivity index (χ3n) is 4.96. The molecule has 0 radical (unpaired) electrons. The molecule has 128 valence electrons. The van der Waals surface area contributed by atoms with E-state index in [1.165, 1.54) is 10.4 Å². The monoisotopic (exact) mass is 342 g/mol. The van der Waals surface area contributed by atoms with Crippen molar-refractivity contribution in [2.45, 2.75) is 46.0 Å². The summed E-state index contributed by atoms with van der Waals surface area (Å²) in [6.07, 6.45) is 4.75. The van der Waals surface area contributed by atoms with Crippen LogP contribution >= 0.6 is 11.3 Å². The van der Waals surface area contributed by atoms with Crippen molar-refractivity contribution in [3.63, 3.8) is 0 Å². The summed E-state index contributed by atoms with van der Waals surface area (Å²) in [4.78, 5) is 20.3. The van der Waals surface area contributed by atoms with Gasteiger partial charge in [-0.15, -0.1) is 11.3 Å². The van der Waals surface area contributed by atoms with Gasteiger partial charge in [0.25, 0.3) is 0 Å². The van der Waals surface area contributed by atoms with E-state index in [-0.39, 0.29) is 0 Å². The van der Waals surface area contributed by atoms with Crippen LogP contribution in [0.1, 0.15) is 40.4 Å². The number of amides is 1. The number of piperidine rings is 1. The molecule has 0 N–H and O–H groups in total. The molecule has 1 fully saturated rings. The van der Waals surface area contributed by atoms with Crippen LogP contribution in [0.25, 0.3) is 0 Å². The molecule has 4 heteroatoms. The third-order valence-corrected chi connectivity index (χ3v) is 6.09. The van der Waals surface area contributed by atoms with Gasteiger partial charge in [-0.05, 0) is 44.6 Å². The molecular formula is C20H26N2OS. The number of thiazole rings is 1. The third kappa shape index (κ3) is 4.44. The highest BCUT2D eigenvalue weighted by Gasteiger charge is 2.23. The minimum atomic E-state index is 0.290. The Kier molecular flexibility index (Phi) is 5.67. The fourth-order valence-corrected chi connectivity index (χ4v) is 4.29. The van der Waals surface area contributed by atoms with Crippen molar-refractivity contribution >= 4 is 17.2 Å². The van der Waals surface area contributed by atoms with Crippen LogP contribution in [-0.2, 0) is 17.6 Å². The van der Waals surface area contributed by atoms with Crippen molar-refractivity contribution in [1.29, 1.82) is 0 Å². The molecule has 3 nitrogen and oxygen atoms in total. The van der Waals surface area contributed by atoms with Crippen LogP contribution in [0.4, 0.5) is 0 Å². The predicted octanol–water partition coefficient (Wildman–Crippen LogP) is 4.17. The lowest BCUT2D eigenvalue weighted by molar-refractivity contribution is -0.132. The smallest absolute Gasteiger partial charge is 0.222 e. The molecule has 0 atom stereocenters. The molecule has 2 aromatic rings. The topological polar surface area (TPSA) is 33.2 Å². The molecular weight excluding hydrogens is 316 g/mol. The molecule has 1 amide bonds. The summed E-state index contributed by atoms with van der Waals surface area (Å²) < 4.78 is 0. The van der Waals surface area contributed by atoms with Crippen LogP contribution in [-0.4, -0.2) is 28.9 Å². The van der Waals surface area contributed by atoms with E-state index in [0.717, 1.165) is 49.5 Å². The number of hydrogen-bond donors (Lipinski definition) is 0. The Balaban J connectivity index is 1.43. The first-order valence-electron chi connectivity index (χ1n) is 8.86. The van der Waals surface area contributed by atoms with E-state index in [4.69, 9.17) is 0 Å². The van der Waals surface area contributed by atoms with E-state index in [0.29, 0.717) is 18.2 Å². The molecule has 3 rings (SSSR count). The Morgan fingerprint density at radius 2 is 1.92 bits per heavy atom. The fraction of sp³-hybridized carbons (Fsp3) is 0.500. The Labute approximate surface area is 148 Å². The van der Waals surface area contributed by atoms with Gasteiger partial charge >= 0.3 is 0 Å². The maximum absolute atomic E-state index is 12.4. The zero-order valence-corrected chi connectivity index (χ0v) is 15.4. The molecule has 1 aliphatic heterocycles. The number of carbonyl (C=O) groups is 1. The lowest BCUT2D eigenvalue weighted by atomic mass is 9.90. The highest BCUT2D eigenvalue weighted by Crippen LogP contribution is 2.23. The number of aryl methyl sites for hydroxylation is 3. The highest BCUT2D eigenvalue weighted by atomic mass is 32.1. The quantitative estimate of drug-likeness (QED) is 0.817. The molecule has 2 heterocycles. The van der Waals surface area contributed by atoms with Gasteiger partial charge in [-0.1, -0.05) is 30.3 Å². The van der Waals surface area contributed by atoms with Gasteiger partial charge in [0.2, 0.25) is 5.91 Å². The molecule has 0 saturated carbocycles. The Bertz CT molecular complexity index is 653. The van der Waals surface area contributed by atoms with Gasteiger partial charge < -0.3 is 4.90 Å². The minimum absolute atomic E-state index is 0.290. The highest BCUT2D eigenvalue weighted by molar-refractivity contribution is 7.11. The summed E-state index contributed by atoms with van der Waals surface area (Å²) in [6.45, 7) is 5.95. The predicted molar refractivity (Wildman–Crippen MR) is 99.4 cm³/mol. The second-order valence-electron chi connectivity index (χ2n) is 6.76. The normalized spacial score (nSPS) is 15.7. The summed E-state index contributed by atoms with van der Waals surface area (Å²) in [6, 6.07) is 10.7. The molecule has 1 aromatic heterocycles. The van der Waals surface area contributed by atoms with Crippen LogP contribution in [0.15, 0.2) is 30.3 Å². The van der Waals surface area contributed by atoms with E-state index in [9.17, 15) is 4.79 Å². The van der Waals surface area contributed by atoms with Crippen LogP contribution in [0.5, 0.6) is 0 Å². The largest absolute Gasteiger partial charge is 0.343 e. The van der Waals surface area contributed by atoms with Gasteiger partial charge in [0.1, 0.15) is 0 Å². The van der Waals surface area contributed by atoms with Gasteiger partial charge in [-0.3, -0.25) is 4.79 Å².